The second-order valence-corrected chi connectivity index (χ2v) is 6.90. The van der Waals surface area contributed by atoms with Crippen LogP contribution in [0.15, 0.2) is 103 Å². The van der Waals surface area contributed by atoms with Gasteiger partial charge in [-0.2, -0.15) is 5.26 Å². The molecular weight excluding hydrogens is 338 g/mol. The summed E-state index contributed by atoms with van der Waals surface area (Å²) in [6.45, 7) is 0. The number of hydrogen-bond acceptors (Lipinski definition) is 1. The zero-order valence-electron chi connectivity index (χ0n) is 15.3. The molecule has 0 aliphatic rings. The lowest BCUT2D eigenvalue weighted by Gasteiger charge is -2.17. The Bertz CT molecular complexity index is 1280. The van der Waals surface area contributed by atoms with Crippen LogP contribution in [0, 0.1) is 11.3 Å². The lowest BCUT2D eigenvalue weighted by molar-refractivity contribution is 1.49. The molecule has 0 bridgehead atoms. The zero-order chi connectivity index (χ0) is 18.9. The van der Waals surface area contributed by atoms with Crippen LogP contribution in [0.2, 0.25) is 0 Å². The van der Waals surface area contributed by atoms with E-state index in [4.69, 9.17) is 5.26 Å². The highest BCUT2D eigenvalue weighted by atomic mass is 14.2. The molecule has 0 radical (unpaired) electrons. The van der Waals surface area contributed by atoms with Gasteiger partial charge in [0.2, 0.25) is 0 Å². The van der Waals surface area contributed by atoms with Crippen LogP contribution in [0.4, 0.5) is 0 Å². The zero-order valence-corrected chi connectivity index (χ0v) is 15.3. The van der Waals surface area contributed by atoms with Gasteiger partial charge in [0.05, 0.1) is 11.6 Å². The maximum atomic E-state index is 9.16. The molecule has 0 spiro atoms. The van der Waals surface area contributed by atoms with E-state index >= 15 is 0 Å². The molecule has 1 nitrogen and oxygen atoms in total. The minimum atomic E-state index is 0.679. The van der Waals surface area contributed by atoms with Crippen LogP contribution in [0.1, 0.15) is 5.56 Å². The molecule has 5 rings (SSSR count). The fourth-order valence-electron chi connectivity index (χ4n) is 4.07. The molecule has 0 N–H and O–H groups in total. The predicted molar refractivity (Wildman–Crippen MR) is 117 cm³/mol. The molecule has 0 amide bonds. The number of nitriles is 1. The van der Waals surface area contributed by atoms with Gasteiger partial charge in [-0.05, 0) is 55.9 Å². The van der Waals surface area contributed by atoms with E-state index in [-0.39, 0.29) is 0 Å². The van der Waals surface area contributed by atoms with E-state index in [1.807, 2.05) is 12.1 Å². The Labute approximate surface area is 164 Å². The summed E-state index contributed by atoms with van der Waals surface area (Å²) in [5.41, 5.74) is 5.52. The van der Waals surface area contributed by atoms with Gasteiger partial charge in [0, 0.05) is 0 Å². The second-order valence-electron chi connectivity index (χ2n) is 6.90. The summed E-state index contributed by atoms with van der Waals surface area (Å²) >= 11 is 0. The Hall–Kier alpha value is -3.89. The van der Waals surface area contributed by atoms with Gasteiger partial charge in [-0.25, -0.2) is 0 Å². The first kappa shape index (κ1) is 16.3. The average molecular weight is 355 g/mol. The van der Waals surface area contributed by atoms with Crippen molar-refractivity contribution >= 4 is 21.5 Å². The first-order valence-corrected chi connectivity index (χ1v) is 9.36. The molecule has 0 saturated heterocycles. The van der Waals surface area contributed by atoms with Crippen molar-refractivity contribution in [1.29, 1.82) is 5.26 Å². The average Bonchev–Trinajstić information content (AvgIpc) is 2.78. The molecule has 0 fully saturated rings. The van der Waals surface area contributed by atoms with Gasteiger partial charge in [-0.3, -0.25) is 0 Å². The van der Waals surface area contributed by atoms with Crippen molar-refractivity contribution in [3.63, 3.8) is 0 Å². The fourth-order valence-corrected chi connectivity index (χ4v) is 4.07. The summed E-state index contributed by atoms with van der Waals surface area (Å²) < 4.78 is 0. The van der Waals surface area contributed by atoms with E-state index in [0.717, 1.165) is 5.56 Å². The third-order valence-corrected chi connectivity index (χ3v) is 5.30. The number of nitrogens with zero attached hydrogens (tertiary/aromatic N) is 1. The van der Waals surface area contributed by atoms with E-state index < -0.39 is 0 Å². The normalized spacial score (nSPS) is 10.8. The van der Waals surface area contributed by atoms with Crippen molar-refractivity contribution in [2.45, 2.75) is 0 Å². The number of fused-ring (bicyclic) bond motifs is 2. The Morgan fingerprint density at radius 1 is 0.429 bits per heavy atom. The smallest absolute Gasteiger partial charge is 0.0991 e. The van der Waals surface area contributed by atoms with Crippen LogP contribution < -0.4 is 0 Å². The monoisotopic (exact) mass is 355 g/mol. The number of rotatable bonds is 2. The highest BCUT2D eigenvalue weighted by Gasteiger charge is 2.15. The third-order valence-electron chi connectivity index (χ3n) is 5.30. The molecule has 0 aliphatic heterocycles. The molecule has 0 unspecified atom stereocenters. The van der Waals surface area contributed by atoms with Crippen molar-refractivity contribution in [2.24, 2.45) is 0 Å². The lowest BCUT2D eigenvalue weighted by atomic mass is 9.86. The molecule has 0 saturated carbocycles. The van der Waals surface area contributed by atoms with E-state index in [2.05, 4.69) is 97.1 Å². The van der Waals surface area contributed by atoms with E-state index in [0.29, 0.717) is 5.56 Å². The largest absolute Gasteiger partial charge is 0.192 e. The Morgan fingerprint density at radius 2 is 0.821 bits per heavy atom. The summed E-state index contributed by atoms with van der Waals surface area (Å²) in [7, 11) is 0. The van der Waals surface area contributed by atoms with Crippen molar-refractivity contribution in [1.82, 2.24) is 0 Å². The Balaban J connectivity index is 1.96. The summed E-state index contributed by atoms with van der Waals surface area (Å²) in [4.78, 5) is 0. The molecule has 0 aromatic heterocycles. The quantitative estimate of drug-likeness (QED) is 0.307. The van der Waals surface area contributed by atoms with Gasteiger partial charge >= 0.3 is 0 Å². The van der Waals surface area contributed by atoms with E-state index in [9.17, 15) is 0 Å². The van der Waals surface area contributed by atoms with Gasteiger partial charge in [-0.15, -0.1) is 0 Å². The Kier molecular flexibility index (Phi) is 3.89. The van der Waals surface area contributed by atoms with Crippen molar-refractivity contribution in [2.75, 3.05) is 0 Å². The summed E-state index contributed by atoms with van der Waals surface area (Å²) in [6, 6.07) is 37.9. The van der Waals surface area contributed by atoms with Crippen LogP contribution in [0.25, 0.3) is 43.8 Å². The summed E-state index contributed by atoms with van der Waals surface area (Å²) in [5, 5.41) is 14.1. The van der Waals surface area contributed by atoms with Gasteiger partial charge in [0.1, 0.15) is 0 Å². The van der Waals surface area contributed by atoms with Gasteiger partial charge in [-0.1, -0.05) is 91.0 Å². The maximum Gasteiger partial charge on any atom is 0.0991 e. The first-order valence-electron chi connectivity index (χ1n) is 9.36. The van der Waals surface area contributed by atoms with E-state index in [1.165, 1.54) is 38.2 Å². The van der Waals surface area contributed by atoms with Gasteiger partial charge < -0.3 is 0 Å². The maximum absolute atomic E-state index is 9.16. The third kappa shape index (κ3) is 2.55. The van der Waals surface area contributed by atoms with Crippen molar-refractivity contribution in [3.8, 4) is 28.3 Å². The summed E-state index contributed by atoms with van der Waals surface area (Å²) in [5.74, 6) is 0. The fraction of sp³-hybridized carbons (Fsp3) is 0. The first-order chi connectivity index (χ1) is 13.9. The second kappa shape index (κ2) is 6.68. The minimum Gasteiger partial charge on any atom is -0.192 e. The van der Waals surface area contributed by atoms with Crippen LogP contribution in [0.5, 0.6) is 0 Å². The molecule has 130 valence electrons. The van der Waals surface area contributed by atoms with E-state index in [1.54, 1.807) is 0 Å². The molecular formula is C27H17N. The number of hydrogen-bond donors (Lipinski definition) is 0. The molecule has 0 heterocycles. The molecule has 0 aliphatic carbocycles. The van der Waals surface area contributed by atoms with Crippen LogP contribution in [-0.4, -0.2) is 0 Å². The number of benzene rings is 5. The molecule has 1 heteroatoms. The molecule has 5 aromatic carbocycles. The topological polar surface area (TPSA) is 23.8 Å². The lowest BCUT2D eigenvalue weighted by Crippen LogP contribution is -1.90. The highest BCUT2D eigenvalue weighted by molar-refractivity contribution is 6.21. The standard InChI is InChI=1S/C27H17N/c28-18-19-14-16-21(17-15-19)27-24-12-6-4-10-22(24)26(20-8-2-1-3-9-20)23-11-5-7-13-25(23)27/h1-17H. The Morgan fingerprint density at radius 3 is 1.25 bits per heavy atom. The SMILES string of the molecule is N#Cc1ccc(-c2c3ccccc3c(-c3ccccc3)c3ccccc23)cc1. The molecule has 5 aromatic rings. The van der Waals surface area contributed by atoms with Gasteiger partial charge in [0.15, 0.2) is 0 Å². The van der Waals surface area contributed by atoms with Crippen LogP contribution >= 0.6 is 0 Å². The van der Waals surface area contributed by atoms with Crippen molar-refractivity contribution < 1.29 is 0 Å². The minimum absolute atomic E-state index is 0.679. The van der Waals surface area contributed by atoms with Crippen molar-refractivity contribution in [3.05, 3.63) is 109 Å². The molecule has 0 atom stereocenters. The van der Waals surface area contributed by atoms with Crippen LogP contribution in [0.3, 0.4) is 0 Å². The highest BCUT2D eigenvalue weighted by Crippen LogP contribution is 2.43. The molecule has 28 heavy (non-hydrogen) atoms. The predicted octanol–water partition coefficient (Wildman–Crippen LogP) is 7.20. The van der Waals surface area contributed by atoms with Gasteiger partial charge in [0.25, 0.3) is 0 Å². The van der Waals surface area contributed by atoms with Crippen LogP contribution in [-0.2, 0) is 0 Å². The summed E-state index contributed by atoms with van der Waals surface area (Å²) in [6.07, 6.45) is 0.